The standard InChI is InChI=1S/C21H25BrN2O3S/c22-19-9-7-18(8-10-19)21(25)23-14-13-17-5-11-20(12-6-17)28(26,27)24-15-3-1-2-4-16-24/h5-12H,1-4,13-16H2,(H,23,25). The second-order valence-electron chi connectivity index (χ2n) is 6.98. The van der Waals surface area contributed by atoms with Gasteiger partial charge in [-0.25, -0.2) is 8.42 Å². The Morgan fingerprint density at radius 3 is 2.14 bits per heavy atom. The summed E-state index contributed by atoms with van der Waals surface area (Å²) in [4.78, 5) is 12.5. The highest BCUT2D eigenvalue weighted by atomic mass is 79.9. The van der Waals surface area contributed by atoms with Gasteiger partial charge in [-0.1, -0.05) is 40.9 Å². The number of amides is 1. The molecule has 1 aliphatic heterocycles. The molecule has 0 unspecified atom stereocenters. The summed E-state index contributed by atoms with van der Waals surface area (Å²) >= 11 is 3.35. The minimum atomic E-state index is -3.42. The lowest BCUT2D eigenvalue weighted by atomic mass is 10.1. The van der Waals surface area contributed by atoms with E-state index < -0.39 is 10.0 Å². The second kappa shape index (κ2) is 9.67. The summed E-state index contributed by atoms with van der Waals surface area (Å²) in [5, 5.41) is 2.89. The van der Waals surface area contributed by atoms with E-state index in [9.17, 15) is 13.2 Å². The number of hydrogen-bond donors (Lipinski definition) is 1. The molecule has 0 radical (unpaired) electrons. The Morgan fingerprint density at radius 1 is 0.929 bits per heavy atom. The Kier molecular flexibility index (Phi) is 7.26. The Labute approximate surface area is 175 Å². The second-order valence-corrected chi connectivity index (χ2v) is 9.83. The van der Waals surface area contributed by atoms with Crippen molar-refractivity contribution in [2.75, 3.05) is 19.6 Å². The minimum absolute atomic E-state index is 0.118. The van der Waals surface area contributed by atoms with Crippen LogP contribution in [-0.4, -0.2) is 38.3 Å². The molecule has 1 saturated heterocycles. The van der Waals surface area contributed by atoms with E-state index >= 15 is 0 Å². The van der Waals surface area contributed by atoms with E-state index in [0.29, 0.717) is 36.5 Å². The molecule has 28 heavy (non-hydrogen) atoms. The predicted octanol–water partition coefficient (Wildman–Crippen LogP) is 3.99. The smallest absolute Gasteiger partial charge is 0.251 e. The molecule has 2 aromatic carbocycles. The van der Waals surface area contributed by atoms with Crippen molar-refractivity contribution < 1.29 is 13.2 Å². The van der Waals surface area contributed by atoms with Crippen LogP contribution in [0.4, 0.5) is 0 Å². The Morgan fingerprint density at radius 2 is 1.54 bits per heavy atom. The average molecular weight is 465 g/mol. The first-order valence-corrected chi connectivity index (χ1v) is 11.8. The van der Waals surface area contributed by atoms with Crippen LogP contribution < -0.4 is 5.32 Å². The Bertz CT molecular complexity index is 888. The number of carbonyl (C=O) groups excluding carboxylic acids is 1. The maximum Gasteiger partial charge on any atom is 0.251 e. The molecule has 150 valence electrons. The van der Waals surface area contributed by atoms with Crippen LogP contribution in [-0.2, 0) is 16.4 Å². The number of nitrogens with one attached hydrogen (secondary N) is 1. The molecule has 1 amide bonds. The lowest BCUT2D eigenvalue weighted by Crippen LogP contribution is -2.31. The molecular formula is C21H25BrN2O3S. The van der Waals surface area contributed by atoms with Crippen LogP contribution in [0, 0.1) is 0 Å². The van der Waals surface area contributed by atoms with Crippen molar-refractivity contribution in [2.24, 2.45) is 0 Å². The Balaban J connectivity index is 1.55. The largest absolute Gasteiger partial charge is 0.352 e. The molecule has 5 nitrogen and oxygen atoms in total. The number of sulfonamides is 1. The van der Waals surface area contributed by atoms with Gasteiger partial charge in [0.25, 0.3) is 5.91 Å². The summed E-state index contributed by atoms with van der Waals surface area (Å²) < 4.78 is 28.1. The van der Waals surface area contributed by atoms with E-state index in [1.54, 1.807) is 28.6 Å². The normalized spacial score (nSPS) is 15.8. The average Bonchev–Trinajstić information content (AvgIpc) is 2.99. The van der Waals surface area contributed by atoms with Crippen molar-refractivity contribution in [3.8, 4) is 0 Å². The van der Waals surface area contributed by atoms with Gasteiger partial charge in [0.1, 0.15) is 0 Å². The van der Waals surface area contributed by atoms with Crippen molar-refractivity contribution in [2.45, 2.75) is 37.0 Å². The monoisotopic (exact) mass is 464 g/mol. The fourth-order valence-electron chi connectivity index (χ4n) is 3.28. The van der Waals surface area contributed by atoms with Crippen LogP contribution in [0.3, 0.4) is 0 Å². The van der Waals surface area contributed by atoms with Crippen molar-refractivity contribution in [1.82, 2.24) is 9.62 Å². The Hall–Kier alpha value is -1.70. The van der Waals surface area contributed by atoms with Crippen molar-refractivity contribution >= 4 is 31.9 Å². The lowest BCUT2D eigenvalue weighted by molar-refractivity contribution is 0.0954. The highest BCUT2D eigenvalue weighted by Gasteiger charge is 2.24. The van der Waals surface area contributed by atoms with Crippen molar-refractivity contribution in [3.05, 3.63) is 64.1 Å². The summed E-state index contributed by atoms with van der Waals surface area (Å²) in [6.45, 7) is 1.70. The van der Waals surface area contributed by atoms with Crippen LogP contribution in [0.1, 0.15) is 41.6 Å². The highest BCUT2D eigenvalue weighted by Crippen LogP contribution is 2.20. The van der Waals surface area contributed by atoms with E-state index in [1.165, 1.54) is 0 Å². The van der Waals surface area contributed by atoms with E-state index in [4.69, 9.17) is 0 Å². The van der Waals surface area contributed by atoms with Crippen LogP contribution in [0.5, 0.6) is 0 Å². The number of halogens is 1. The van der Waals surface area contributed by atoms with Crippen LogP contribution in [0.25, 0.3) is 0 Å². The number of rotatable bonds is 6. The molecule has 1 fully saturated rings. The van der Waals surface area contributed by atoms with Gasteiger partial charge in [0.05, 0.1) is 4.90 Å². The number of carbonyl (C=O) groups is 1. The van der Waals surface area contributed by atoms with Crippen LogP contribution in [0.15, 0.2) is 57.9 Å². The van der Waals surface area contributed by atoms with Crippen molar-refractivity contribution in [1.29, 1.82) is 0 Å². The topological polar surface area (TPSA) is 66.5 Å². The summed E-state index contributed by atoms with van der Waals surface area (Å²) in [5.41, 5.74) is 1.60. The molecule has 0 spiro atoms. The van der Waals surface area contributed by atoms with Gasteiger partial charge in [0.2, 0.25) is 10.0 Å². The zero-order valence-electron chi connectivity index (χ0n) is 15.7. The molecule has 0 aromatic heterocycles. The zero-order valence-corrected chi connectivity index (χ0v) is 18.1. The maximum absolute atomic E-state index is 12.8. The fourth-order valence-corrected chi connectivity index (χ4v) is 5.06. The third-order valence-corrected chi connectivity index (χ3v) is 7.37. The quantitative estimate of drug-likeness (QED) is 0.702. The van der Waals surface area contributed by atoms with E-state index in [0.717, 1.165) is 35.7 Å². The minimum Gasteiger partial charge on any atom is -0.352 e. The molecule has 3 rings (SSSR count). The molecule has 0 saturated carbocycles. The number of hydrogen-bond acceptors (Lipinski definition) is 3. The first kappa shape index (κ1) is 21.0. The first-order chi connectivity index (χ1) is 13.5. The molecule has 1 N–H and O–H groups in total. The van der Waals surface area contributed by atoms with Gasteiger partial charge in [0.15, 0.2) is 0 Å². The van der Waals surface area contributed by atoms with Gasteiger partial charge in [-0.15, -0.1) is 0 Å². The molecule has 2 aromatic rings. The van der Waals surface area contributed by atoms with Gasteiger partial charge in [-0.3, -0.25) is 4.79 Å². The van der Waals surface area contributed by atoms with E-state index in [-0.39, 0.29) is 5.91 Å². The van der Waals surface area contributed by atoms with Crippen LogP contribution in [0.2, 0.25) is 0 Å². The summed E-state index contributed by atoms with van der Waals surface area (Å²) in [6, 6.07) is 14.2. The lowest BCUT2D eigenvalue weighted by Gasteiger charge is -2.20. The summed E-state index contributed by atoms with van der Waals surface area (Å²) in [7, 11) is -3.42. The SMILES string of the molecule is O=C(NCCc1ccc(S(=O)(=O)N2CCCCCC2)cc1)c1ccc(Br)cc1. The summed E-state index contributed by atoms with van der Waals surface area (Å²) in [6.07, 6.45) is 4.69. The van der Waals surface area contributed by atoms with Gasteiger partial charge in [0, 0.05) is 29.7 Å². The first-order valence-electron chi connectivity index (χ1n) is 9.60. The number of benzene rings is 2. The molecule has 1 heterocycles. The number of nitrogens with zero attached hydrogens (tertiary/aromatic N) is 1. The van der Waals surface area contributed by atoms with Gasteiger partial charge in [-0.05, 0) is 61.2 Å². The molecule has 0 atom stereocenters. The van der Waals surface area contributed by atoms with E-state index in [1.807, 2.05) is 24.3 Å². The molecule has 1 aliphatic rings. The molecular weight excluding hydrogens is 440 g/mol. The molecule has 0 aliphatic carbocycles. The third kappa shape index (κ3) is 5.43. The molecule has 7 heteroatoms. The molecule has 0 bridgehead atoms. The van der Waals surface area contributed by atoms with E-state index in [2.05, 4.69) is 21.2 Å². The zero-order chi connectivity index (χ0) is 20.0. The maximum atomic E-state index is 12.8. The van der Waals surface area contributed by atoms with Crippen molar-refractivity contribution in [3.63, 3.8) is 0 Å². The third-order valence-electron chi connectivity index (χ3n) is 4.93. The summed E-state index contributed by atoms with van der Waals surface area (Å²) in [5.74, 6) is -0.118. The van der Waals surface area contributed by atoms with Gasteiger partial charge >= 0.3 is 0 Å². The predicted molar refractivity (Wildman–Crippen MR) is 114 cm³/mol. The van der Waals surface area contributed by atoms with Crippen LogP contribution >= 0.6 is 15.9 Å². The van der Waals surface area contributed by atoms with Gasteiger partial charge in [-0.2, -0.15) is 4.31 Å². The highest BCUT2D eigenvalue weighted by molar-refractivity contribution is 9.10. The fraction of sp³-hybridized carbons (Fsp3) is 0.381. The van der Waals surface area contributed by atoms with Gasteiger partial charge < -0.3 is 5.32 Å².